The molecule has 1 N–H and O–H groups in total. The van der Waals surface area contributed by atoms with E-state index in [1.165, 1.54) is 25.4 Å². The minimum absolute atomic E-state index is 0.0555. The predicted octanol–water partition coefficient (Wildman–Crippen LogP) is 3.15. The zero-order chi connectivity index (χ0) is 26.2. The van der Waals surface area contributed by atoms with E-state index >= 15 is 0 Å². The summed E-state index contributed by atoms with van der Waals surface area (Å²) in [4.78, 5) is 28.9. The smallest absolute Gasteiger partial charge is 0.255 e. The normalized spacial score (nSPS) is 10.9. The third-order valence-electron chi connectivity index (χ3n) is 5.63. The Bertz CT molecular complexity index is 1420. The Morgan fingerprint density at radius 1 is 1.05 bits per heavy atom. The van der Waals surface area contributed by atoms with Crippen molar-refractivity contribution in [1.29, 1.82) is 0 Å². The Hall–Kier alpha value is -4.31. The minimum Gasteiger partial charge on any atom is -0.491 e. The Labute approximate surface area is 213 Å². The maximum atomic E-state index is 14.5. The quantitative estimate of drug-likeness (QED) is 0.336. The molecule has 9 nitrogen and oxygen atoms in total. The lowest BCUT2D eigenvalue weighted by Gasteiger charge is -2.09. The molecule has 192 valence electrons. The molecule has 0 spiro atoms. The van der Waals surface area contributed by atoms with Gasteiger partial charge in [-0.1, -0.05) is 30.3 Å². The van der Waals surface area contributed by atoms with Crippen LogP contribution in [0.15, 0.2) is 71.9 Å². The van der Waals surface area contributed by atoms with E-state index in [4.69, 9.17) is 9.47 Å². The van der Waals surface area contributed by atoms with Gasteiger partial charge in [-0.25, -0.2) is 4.39 Å². The van der Waals surface area contributed by atoms with Crippen LogP contribution in [0.1, 0.15) is 39.8 Å². The van der Waals surface area contributed by atoms with Crippen LogP contribution in [-0.4, -0.2) is 39.0 Å². The number of halogens is 1. The summed E-state index contributed by atoms with van der Waals surface area (Å²) in [5.41, 5.74) is 2.80. The monoisotopic (exact) mass is 505 g/mol. The number of methoxy groups -OCH3 is 1. The first-order valence-electron chi connectivity index (χ1n) is 11.8. The standard InChI is InChI=1S/C27H28FN5O4/c1-3-37-24-11-12-29-22(26(24)28)14-30-27(35)21-17-33(31-23(21)18-36-2)16-20-9-7-19(8-10-20)15-32-13-5-4-6-25(32)34/h4-13,17H,3,14-16,18H2,1-2H3,(H,30,35). The zero-order valence-electron chi connectivity index (χ0n) is 20.7. The van der Waals surface area contributed by atoms with Crippen molar-refractivity contribution in [1.82, 2.24) is 24.6 Å². The Morgan fingerprint density at radius 2 is 1.81 bits per heavy atom. The Morgan fingerprint density at radius 3 is 2.51 bits per heavy atom. The summed E-state index contributed by atoms with van der Waals surface area (Å²) in [5, 5.41) is 7.21. The number of hydrogen-bond acceptors (Lipinski definition) is 6. The number of benzene rings is 1. The molecule has 1 amide bonds. The molecule has 0 atom stereocenters. The molecular weight excluding hydrogens is 477 g/mol. The van der Waals surface area contributed by atoms with Crippen LogP contribution < -0.4 is 15.6 Å². The first-order chi connectivity index (χ1) is 18.0. The topological polar surface area (TPSA) is 100 Å². The van der Waals surface area contributed by atoms with Gasteiger partial charge in [0.05, 0.1) is 44.1 Å². The summed E-state index contributed by atoms with van der Waals surface area (Å²) in [5.74, 6) is -0.917. The van der Waals surface area contributed by atoms with Crippen molar-refractivity contribution in [2.45, 2.75) is 33.2 Å². The van der Waals surface area contributed by atoms with Gasteiger partial charge in [0.2, 0.25) is 0 Å². The van der Waals surface area contributed by atoms with Crippen molar-refractivity contribution < 1.29 is 18.7 Å². The summed E-state index contributed by atoms with van der Waals surface area (Å²) < 4.78 is 28.3. The van der Waals surface area contributed by atoms with Crippen LogP contribution >= 0.6 is 0 Å². The Balaban J connectivity index is 1.44. The molecule has 0 aliphatic rings. The van der Waals surface area contributed by atoms with Gasteiger partial charge in [-0.2, -0.15) is 5.10 Å². The van der Waals surface area contributed by atoms with Gasteiger partial charge < -0.3 is 19.4 Å². The molecule has 10 heteroatoms. The Kier molecular flexibility index (Phi) is 8.42. The fourth-order valence-electron chi connectivity index (χ4n) is 3.82. The number of aromatic nitrogens is 4. The van der Waals surface area contributed by atoms with Crippen molar-refractivity contribution >= 4 is 5.91 Å². The molecule has 0 aliphatic heterocycles. The van der Waals surface area contributed by atoms with Crippen LogP contribution in [0.25, 0.3) is 0 Å². The van der Waals surface area contributed by atoms with E-state index in [1.54, 1.807) is 34.6 Å². The molecule has 4 aromatic rings. The molecule has 3 aromatic heterocycles. The van der Waals surface area contributed by atoms with Crippen LogP contribution in [-0.2, 0) is 31.0 Å². The van der Waals surface area contributed by atoms with E-state index in [0.29, 0.717) is 31.0 Å². The third-order valence-corrected chi connectivity index (χ3v) is 5.63. The average Bonchev–Trinajstić information content (AvgIpc) is 3.29. The highest BCUT2D eigenvalue weighted by Crippen LogP contribution is 2.19. The van der Waals surface area contributed by atoms with Crippen LogP contribution in [0.5, 0.6) is 5.75 Å². The van der Waals surface area contributed by atoms with Gasteiger partial charge in [0.25, 0.3) is 11.5 Å². The van der Waals surface area contributed by atoms with Crippen LogP contribution in [0.4, 0.5) is 4.39 Å². The maximum Gasteiger partial charge on any atom is 0.255 e. The van der Waals surface area contributed by atoms with Gasteiger partial charge in [0.1, 0.15) is 5.69 Å². The van der Waals surface area contributed by atoms with E-state index < -0.39 is 11.7 Å². The second kappa shape index (κ2) is 12.1. The van der Waals surface area contributed by atoms with Gasteiger partial charge >= 0.3 is 0 Å². The summed E-state index contributed by atoms with van der Waals surface area (Å²) >= 11 is 0. The first-order valence-corrected chi connectivity index (χ1v) is 11.8. The third kappa shape index (κ3) is 6.47. The van der Waals surface area contributed by atoms with E-state index in [-0.39, 0.29) is 30.2 Å². The van der Waals surface area contributed by atoms with Crippen LogP contribution in [0.2, 0.25) is 0 Å². The largest absolute Gasteiger partial charge is 0.491 e. The molecule has 4 rings (SSSR count). The minimum atomic E-state index is -0.599. The van der Waals surface area contributed by atoms with Crippen molar-refractivity contribution in [2.75, 3.05) is 13.7 Å². The highest BCUT2D eigenvalue weighted by molar-refractivity contribution is 5.95. The highest BCUT2D eigenvalue weighted by Gasteiger charge is 2.18. The van der Waals surface area contributed by atoms with Gasteiger partial charge in [0.15, 0.2) is 11.6 Å². The molecule has 0 radical (unpaired) electrons. The first kappa shape index (κ1) is 25.8. The molecule has 0 bridgehead atoms. The maximum absolute atomic E-state index is 14.5. The van der Waals surface area contributed by atoms with Crippen molar-refractivity contribution in [3.63, 3.8) is 0 Å². The fraction of sp³-hybridized carbons (Fsp3) is 0.259. The number of nitrogens with zero attached hydrogens (tertiary/aromatic N) is 4. The number of amides is 1. The number of nitrogens with one attached hydrogen (secondary N) is 1. The molecule has 1 aromatic carbocycles. The SMILES string of the molecule is CCOc1ccnc(CNC(=O)c2cn(Cc3ccc(Cn4ccccc4=O)cc3)nc2COC)c1F. The van der Waals surface area contributed by atoms with Gasteiger partial charge in [-0.3, -0.25) is 19.3 Å². The van der Waals surface area contributed by atoms with Gasteiger partial charge in [0, 0.05) is 37.8 Å². The second-order valence-corrected chi connectivity index (χ2v) is 8.29. The van der Waals surface area contributed by atoms with Crippen molar-refractivity contribution in [2.24, 2.45) is 0 Å². The lowest BCUT2D eigenvalue weighted by atomic mass is 10.1. The average molecular weight is 506 g/mol. The van der Waals surface area contributed by atoms with Gasteiger partial charge in [-0.15, -0.1) is 0 Å². The number of pyridine rings is 2. The van der Waals surface area contributed by atoms with E-state index in [2.05, 4.69) is 15.4 Å². The second-order valence-electron chi connectivity index (χ2n) is 8.29. The van der Waals surface area contributed by atoms with Crippen LogP contribution in [0, 0.1) is 5.82 Å². The lowest BCUT2D eigenvalue weighted by molar-refractivity contribution is 0.0945. The molecule has 3 heterocycles. The summed E-state index contributed by atoms with van der Waals surface area (Å²) in [6.45, 7) is 3.04. The van der Waals surface area contributed by atoms with E-state index in [1.807, 2.05) is 30.3 Å². The summed E-state index contributed by atoms with van der Waals surface area (Å²) in [7, 11) is 1.52. The molecule has 0 saturated heterocycles. The fourth-order valence-corrected chi connectivity index (χ4v) is 3.82. The molecule has 0 aliphatic carbocycles. The molecule has 37 heavy (non-hydrogen) atoms. The number of rotatable bonds is 11. The van der Waals surface area contributed by atoms with Crippen molar-refractivity contribution in [3.05, 3.63) is 111 Å². The molecule has 0 fully saturated rings. The lowest BCUT2D eigenvalue weighted by Crippen LogP contribution is -2.24. The van der Waals surface area contributed by atoms with Crippen LogP contribution in [0.3, 0.4) is 0 Å². The highest BCUT2D eigenvalue weighted by atomic mass is 19.1. The zero-order valence-corrected chi connectivity index (χ0v) is 20.7. The molecule has 0 saturated carbocycles. The van der Waals surface area contributed by atoms with E-state index in [0.717, 1.165) is 11.1 Å². The summed E-state index contributed by atoms with van der Waals surface area (Å²) in [6, 6.07) is 14.3. The number of ether oxygens (including phenoxy) is 2. The summed E-state index contributed by atoms with van der Waals surface area (Å²) in [6.07, 6.45) is 4.83. The number of carbonyl (C=O) groups is 1. The molecule has 0 unspecified atom stereocenters. The molecular formula is C27H28FN5O4. The number of carbonyl (C=O) groups excluding carboxylic acids is 1. The van der Waals surface area contributed by atoms with Gasteiger partial charge in [-0.05, 0) is 24.1 Å². The van der Waals surface area contributed by atoms with Crippen molar-refractivity contribution in [3.8, 4) is 5.75 Å². The number of hydrogen-bond donors (Lipinski definition) is 1. The van der Waals surface area contributed by atoms with E-state index in [9.17, 15) is 14.0 Å². The predicted molar refractivity (Wildman–Crippen MR) is 135 cm³/mol.